The largest absolute Gasteiger partial charge is 0.497 e. The Hall–Kier alpha value is -3.81. The summed E-state index contributed by atoms with van der Waals surface area (Å²) in [6.07, 6.45) is 2.85. The van der Waals surface area contributed by atoms with Crippen molar-refractivity contribution in [1.29, 1.82) is 0 Å². The van der Waals surface area contributed by atoms with Gasteiger partial charge in [-0.25, -0.2) is 0 Å². The van der Waals surface area contributed by atoms with Crippen LogP contribution in [0.25, 0.3) is 10.9 Å². The van der Waals surface area contributed by atoms with Crippen LogP contribution in [0, 0.1) is 0 Å². The first-order valence-corrected chi connectivity index (χ1v) is 11.7. The number of anilines is 1. The number of nitrogens with one attached hydrogen (secondary N) is 4. The quantitative estimate of drug-likeness (QED) is 0.306. The molecular formula is C28H29ClN4O3. The summed E-state index contributed by atoms with van der Waals surface area (Å²) < 4.78 is 5.20. The van der Waals surface area contributed by atoms with Crippen LogP contribution in [0.15, 0.2) is 79.0 Å². The Kier molecular flexibility index (Phi) is 7.93. The lowest BCUT2D eigenvalue weighted by molar-refractivity contribution is -0.128. The van der Waals surface area contributed by atoms with Gasteiger partial charge in [0.2, 0.25) is 11.8 Å². The third kappa shape index (κ3) is 5.53. The van der Waals surface area contributed by atoms with Crippen LogP contribution in [0.3, 0.4) is 0 Å². The van der Waals surface area contributed by atoms with Gasteiger partial charge < -0.3 is 25.7 Å². The number of carbonyl (C=O) groups excluding carboxylic acids is 2. The highest BCUT2D eigenvalue weighted by atomic mass is 35.5. The number of aromatic amines is 1. The van der Waals surface area contributed by atoms with Crippen LogP contribution in [-0.2, 0) is 29.0 Å². The van der Waals surface area contributed by atoms with E-state index in [4.69, 9.17) is 4.74 Å². The van der Waals surface area contributed by atoms with Gasteiger partial charge in [-0.15, -0.1) is 12.4 Å². The van der Waals surface area contributed by atoms with Gasteiger partial charge in [0.25, 0.3) is 0 Å². The summed E-state index contributed by atoms with van der Waals surface area (Å²) in [6.45, 7) is 0.624. The van der Waals surface area contributed by atoms with Crippen molar-refractivity contribution in [3.63, 3.8) is 0 Å². The Balaban J connectivity index is 0.00000304. The fourth-order valence-electron chi connectivity index (χ4n) is 4.55. The number of para-hydroxylation sites is 1. The zero-order chi connectivity index (χ0) is 24.2. The van der Waals surface area contributed by atoms with Gasteiger partial charge in [-0.05, 0) is 53.4 Å². The standard InChI is InChI=1S/C28H28N4O3.ClH/c1-35-22-12-10-21(11-13-22)31-28(34)26(15-20-17-29-24-9-5-4-8-23(20)24)32-27(33)25-14-18-6-2-3-7-19(18)16-30-25;/h2-13,17,25-26,29-30H,14-16H2,1H3,(H,31,34)(H,32,33);1H/t25-,26-;/m0./s1. The number of H-pyrrole nitrogens is 1. The lowest BCUT2D eigenvalue weighted by atomic mass is 9.95. The van der Waals surface area contributed by atoms with Gasteiger partial charge in [0.1, 0.15) is 11.8 Å². The number of halogens is 1. The van der Waals surface area contributed by atoms with Crippen molar-refractivity contribution in [2.24, 2.45) is 0 Å². The number of rotatable bonds is 7. The molecule has 7 nitrogen and oxygen atoms in total. The van der Waals surface area contributed by atoms with Gasteiger partial charge >= 0.3 is 0 Å². The van der Waals surface area contributed by atoms with Gasteiger partial charge in [-0.3, -0.25) is 9.59 Å². The van der Waals surface area contributed by atoms with Crippen molar-refractivity contribution in [2.75, 3.05) is 12.4 Å². The first-order valence-electron chi connectivity index (χ1n) is 11.7. The number of amides is 2. The van der Waals surface area contributed by atoms with Crippen LogP contribution in [0.4, 0.5) is 5.69 Å². The average Bonchev–Trinajstić information content (AvgIpc) is 3.31. The second kappa shape index (κ2) is 11.3. The number of hydrogen-bond donors (Lipinski definition) is 4. The predicted molar refractivity (Wildman–Crippen MR) is 144 cm³/mol. The molecule has 0 saturated carbocycles. The second-order valence-electron chi connectivity index (χ2n) is 8.75. The maximum Gasteiger partial charge on any atom is 0.247 e. The Labute approximate surface area is 216 Å². The fourth-order valence-corrected chi connectivity index (χ4v) is 4.55. The van der Waals surface area contributed by atoms with E-state index < -0.39 is 12.1 Å². The van der Waals surface area contributed by atoms with E-state index in [9.17, 15) is 9.59 Å². The number of ether oxygens (including phenoxy) is 1. The molecule has 0 radical (unpaired) electrons. The first kappa shape index (κ1) is 25.3. The minimum Gasteiger partial charge on any atom is -0.497 e. The van der Waals surface area contributed by atoms with Gasteiger partial charge in [-0.2, -0.15) is 0 Å². The van der Waals surface area contributed by atoms with Crippen LogP contribution in [0.2, 0.25) is 0 Å². The molecule has 0 fully saturated rings. The molecule has 0 unspecified atom stereocenters. The van der Waals surface area contributed by atoms with E-state index >= 15 is 0 Å². The van der Waals surface area contributed by atoms with Crippen molar-refractivity contribution < 1.29 is 14.3 Å². The Morgan fingerprint density at radius 1 is 1.00 bits per heavy atom. The molecule has 2 heterocycles. The van der Waals surface area contributed by atoms with Gasteiger partial charge in [0, 0.05) is 35.8 Å². The molecule has 1 aliphatic heterocycles. The van der Waals surface area contributed by atoms with Crippen LogP contribution >= 0.6 is 12.4 Å². The number of fused-ring (bicyclic) bond motifs is 2. The molecule has 5 rings (SSSR count). The zero-order valence-electron chi connectivity index (χ0n) is 19.9. The summed E-state index contributed by atoms with van der Waals surface area (Å²) in [5.41, 5.74) is 4.96. The number of aromatic nitrogens is 1. The zero-order valence-corrected chi connectivity index (χ0v) is 20.7. The van der Waals surface area contributed by atoms with E-state index in [1.165, 1.54) is 5.56 Å². The Morgan fingerprint density at radius 3 is 2.50 bits per heavy atom. The van der Waals surface area contributed by atoms with E-state index in [-0.39, 0.29) is 24.2 Å². The van der Waals surface area contributed by atoms with E-state index in [1.807, 2.05) is 42.6 Å². The molecule has 0 bridgehead atoms. The van der Waals surface area contributed by atoms with Gasteiger partial charge in [0.15, 0.2) is 0 Å². The lowest BCUT2D eigenvalue weighted by Gasteiger charge is -2.27. The number of benzene rings is 3. The molecule has 1 aliphatic rings. The van der Waals surface area contributed by atoms with Crippen LogP contribution in [-0.4, -0.2) is 36.0 Å². The summed E-state index contributed by atoms with van der Waals surface area (Å²) in [6, 6.07) is 22.0. The normalized spacial score (nSPS) is 15.3. The summed E-state index contributed by atoms with van der Waals surface area (Å²) in [4.78, 5) is 29.9. The molecule has 3 aromatic carbocycles. The molecule has 4 aromatic rings. The SMILES string of the molecule is COc1ccc(NC(=O)[C@H](Cc2c[nH]c3ccccc23)NC(=O)[C@@H]2Cc3ccccc3CN2)cc1.Cl. The monoisotopic (exact) mass is 504 g/mol. The van der Waals surface area contributed by atoms with E-state index in [2.05, 4.69) is 33.1 Å². The summed E-state index contributed by atoms with van der Waals surface area (Å²) in [5, 5.41) is 10.3. The van der Waals surface area contributed by atoms with Gasteiger partial charge in [-0.1, -0.05) is 42.5 Å². The Morgan fingerprint density at radius 2 is 1.72 bits per heavy atom. The second-order valence-corrected chi connectivity index (χ2v) is 8.75. The third-order valence-corrected chi connectivity index (χ3v) is 6.49. The molecule has 186 valence electrons. The van der Waals surface area contributed by atoms with E-state index in [1.54, 1.807) is 31.4 Å². The smallest absolute Gasteiger partial charge is 0.247 e. The van der Waals surface area contributed by atoms with Crippen LogP contribution in [0.1, 0.15) is 16.7 Å². The average molecular weight is 505 g/mol. The van der Waals surface area contributed by atoms with E-state index in [0.29, 0.717) is 30.8 Å². The molecule has 36 heavy (non-hydrogen) atoms. The number of methoxy groups -OCH3 is 1. The van der Waals surface area contributed by atoms with Crippen molar-refractivity contribution >= 4 is 40.8 Å². The molecule has 2 amide bonds. The molecule has 0 spiro atoms. The molecule has 1 aromatic heterocycles. The highest BCUT2D eigenvalue weighted by Gasteiger charge is 2.29. The van der Waals surface area contributed by atoms with Crippen molar-refractivity contribution in [3.8, 4) is 5.75 Å². The lowest BCUT2D eigenvalue weighted by Crippen LogP contribution is -2.53. The molecule has 0 saturated heterocycles. The summed E-state index contributed by atoms with van der Waals surface area (Å²) in [5.74, 6) is 0.245. The highest BCUT2D eigenvalue weighted by Crippen LogP contribution is 2.21. The topological polar surface area (TPSA) is 95.2 Å². The number of hydrogen-bond acceptors (Lipinski definition) is 4. The first-order chi connectivity index (χ1) is 17.1. The fraction of sp³-hybridized carbons (Fsp3) is 0.214. The molecule has 8 heteroatoms. The summed E-state index contributed by atoms with van der Waals surface area (Å²) >= 11 is 0. The van der Waals surface area contributed by atoms with Crippen LogP contribution < -0.4 is 20.7 Å². The molecule has 2 atom stereocenters. The van der Waals surface area contributed by atoms with Crippen molar-refractivity contribution in [1.82, 2.24) is 15.6 Å². The minimum absolute atomic E-state index is 0. The number of carbonyl (C=O) groups is 2. The Bertz CT molecular complexity index is 1350. The minimum atomic E-state index is -0.747. The maximum atomic E-state index is 13.4. The highest BCUT2D eigenvalue weighted by molar-refractivity contribution is 5.98. The predicted octanol–water partition coefficient (Wildman–Crippen LogP) is 3.98. The van der Waals surface area contributed by atoms with Crippen molar-refractivity contribution in [2.45, 2.75) is 31.5 Å². The van der Waals surface area contributed by atoms with Crippen molar-refractivity contribution in [3.05, 3.63) is 95.7 Å². The molecule has 4 N–H and O–H groups in total. The molecule has 0 aliphatic carbocycles. The third-order valence-electron chi connectivity index (χ3n) is 6.49. The van der Waals surface area contributed by atoms with Crippen LogP contribution in [0.5, 0.6) is 5.75 Å². The van der Waals surface area contributed by atoms with E-state index in [0.717, 1.165) is 22.0 Å². The summed E-state index contributed by atoms with van der Waals surface area (Å²) in [7, 11) is 1.60. The maximum absolute atomic E-state index is 13.4. The molecular weight excluding hydrogens is 476 g/mol. The van der Waals surface area contributed by atoms with Gasteiger partial charge in [0.05, 0.1) is 13.2 Å².